The fourth-order valence-corrected chi connectivity index (χ4v) is 4.90. The first-order chi connectivity index (χ1) is 18.6. The van der Waals surface area contributed by atoms with Crippen molar-refractivity contribution < 1.29 is 24.3 Å². The number of para-hydroxylation sites is 2. The van der Waals surface area contributed by atoms with Crippen molar-refractivity contribution >= 4 is 64.0 Å². The Morgan fingerprint density at radius 1 is 0.974 bits per heavy atom. The number of carbonyl (C=O) groups is 4. The zero-order valence-corrected chi connectivity index (χ0v) is 22.6. The Bertz CT molecular complexity index is 1470. The third-order valence-electron chi connectivity index (χ3n) is 6.71. The molecule has 0 aromatic heterocycles. The van der Waals surface area contributed by atoms with Crippen LogP contribution >= 0.6 is 23.8 Å². The quantitative estimate of drug-likeness (QED) is 0.276. The molecule has 11 heteroatoms. The summed E-state index contributed by atoms with van der Waals surface area (Å²) in [6.07, 6.45) is 0. The highest BCUT2D eigenvalue weighted by atomic mass is 35.5. The molecule has 4 rings (SSSR count). The summed E-state index contributed by atoms with van der Waals surface area (Å²) in [6, 6.07) is 21.7. The van der Waals surface area contributed by atoms with E-state index in [1.807, 2.05) is 19.1 Å². The number of anilines is 2. The number of rotatable bonds is 8. The number of halogens is 1. The van der Waals surface area contributed by atoms with Gasteiger partial charge in [0.2, 0.25) is 5.11 Å². The third-order valence-corrected chi connectivity index (χ3v) is 7.41. The number of amides is 3. The van der Waals surface area contributed by atoms with E-state index in [1.54, 1.807) is 54.6 Å². The number of hydrazine groups is 1. The Hall–Kier alpha value is -4.28. The number of thiocarbonyl (C=S) groups is 1. The fourth-order valence-electron chi connectivity index (χ4n) is 4.37. The van der Waals surface area contributed by atoms with Gasteiger partial charge in [-0.25, -0.2) is 0 Å². The highest BCUT2D eigenvalue weighted by Gasteiger charge is 2.62. The second-order valence-corrected chi connectivity index (χ2v) is 9.79. The minimum Gasteiger partial charge on any atom is -0.481 e. The van der Waals surface area contributed by atoms with E-state index in [1.165, 1.54) is 19.1 Å². The molecule has 0 spiro atoms. The molecular weight excluding hydrogens is 540 g/mol. The highest BCUT2D eigenvalue weighted by Crippen LogP contribution is 2.39. The molecule has 9 nitrogen and oxygen atoms in total. The van der Waals surface area contributed by atoms with E-state index in [2.05, 4.69) is 10.7 Å². The lowest BCUT2D eigenvalue weighted by Crippen LogP contribution is -2.72. The summed E-state index contributed by atoms with van der Waals surface area (Å²) < 4.78 is 0. The van der Waals surface area contributed by atoms with Crippen molar-refractivity contribution in [1.82, 2.24) is 10.4 Å². The molecule has 1 saturated heterocycles. The van der Waals surface area contributed by atoms with Gasteiger partial charge in [0.15, 0.2) is 5.41 Å². The Morgan fingerprint density at radius 2 is 1.59 bits per heavy atom. The summed E-state index contributed by atoms with van der Waals surface area (Å²) in [5.74, 6) is -5.46. The van der Waals surface area contributed by atoms with Gasteiger partial charge >= 0.3 is 5.97 Å². The maximum Gasteiger partial charge on any atom is 0.307 e. The number of benzene rings is 3. The standard InChI is InChI=1S/C28H25ClN4O5S/c1-17-10-6-9-15-22(17)30-16-28(18(2)24(35)36)25(37)32(19-11-4-3-5-12-19)27(39)33(26(28)38)31-23(34)20-13-7-8-14-21(20)29/h3-15,18,30H,16H2,1-2H3,(H,31,34)(H,35,36). The smallest absolute Gasteiger partial charge is 0.307 e. The molecule has 1 aliphatic heterocycles. The van der Waals surface area contributed by atoms with Crippen LogP contribution in [0.1, 0.15) is 22.8 Å². The monoisotopic (exact) mass is 564 g/mol. The molecule has 2 unspecified atom stereocenters. The summed E-state index contributed by atoms with van der Waals surface area (Å²) >= 11 is 11.7. The van der Waals surface area contributed by atoms with E-state index in [0.717, 1.165) is 15.5 Å². The molecule has 1 aliphatic rings. The van der Waals surface area contributed by atoms with E-state index < -0.39 is 35.0 Å². The molecule has 1 heterocycles. The Kier molecular flexibility index (Phi) is 7.98. The maximum atomic E-state index is 14.2. The number of carbonyl (C=O) groups excluding carboxylic acids is 3. The number of aliphatic carboxylic acids is 1. The van der Waals surface area contributed by atoms with Crippen molar-refractivity contribution in [1.29, 1.82) is 0 Å². The Balaban J connectivity index is 1.85. The van der Waals surface area contributed by atoms with E-state index in [4.69, 9.17) is 23.8 Å². The minimum atomic E-state index is -2.19. The van der Waals surface area contributed by atoms with E-state index in [-0.39, 0.29) is 22.2 Å². The van der Waals surface area contributed by atoms with Crippen LogP contribution in [0.4, 0.5) is 11.4 Å². The molecule has 3 N–H and O–H groups in total. The molecular formula is C28H25ClN4O5S. The molecule has 2 atom stereocenters. The van der Waals surface area contributed by atoms with Crippen molar-refractivity contribution in [3.8, 4) is 0 Å². The van der Waals surface area contributed by atoms with Crippen molar-refractivity contribution in [2.24, 2.45) is 11.3 Å². The van der Waals surface area contributed by atoms with Gasteiger partial charge in [0, 0.05) is 12.2 Å². The highest BCUT2D eigenvalue weighted by molar-refractivity contribution is 7.80. The van der Waals surface area contributed by atoms with Gasteiger partial charge < -0.3 is 10.4 Å². The first kappa shape index (κ1) is 27.7. The summed E-state index contributed by atoms with van der Waals surface area (Å²) in [7, 11) is 0. The molecule has 0 radical (unpaired) electrons. The first-order valence-corrected chi connectivity index (χ1v) is 12.7. The zero-order chi connectivity index (χ0) is 28.3. The van der Waals surface area contributed by atoms with Gasteiger partial charge in [-0.15, -0.1) is 0 Å². The summed E-state index contributed by atoms with van der Waals surface area (Å²) in [5, 5.41) is 13.7. The van der Waals surface area contributed by atoms with Crippen LogP contribution in [0, 0.1) is 18.3 Å². The minimum absolute atomic E-state index is 0.0628. The van der Waals surface area contributed by atoms with Gasteiger partial charge in [-0.1, -0.05) is 67.1 Å². The number of nitrogens with zero attached hydrogens (tertiary/aromatic N) is 2. The van der Waals surface area contributed by atoms with Crippen LogP contribution in [0.2, 0.25) is 5.02 Å². The molecule has 200 valence electrons. The molecule has 39 heavy (non-hydrogen) atoms. The van der Waals surface area contributed by atoms with E-state index in [9.17, 15) is 24.3 Å². The topological polar surface area (TPSA) is 119 Å². The van der Waals surface area contributed by atoms with Gasteiger partial charge in [0.1, 0.15) is 0 Å². The van der Waals surface area contributed by atoms with Gasteiger partial charge in [-0.3, -0.25) is 29.5 Å². The summed E-state index contributed by atoms with van der Waals surface area (Å²) in [4.78, 5) is 55.1. The van der Waals surface area contributed by atoms with Crippen LogP contribution < -0.4 is 15.6 Å². The number of hydrogen-bond acceptors (Lipinski definition) is 6. The van der Waals surface area contributed by atoms with Crippen LogP contribution in [0.3, 0.4) is 0 Å². The zero-order valence-electron chi connectivity index (χ0n) is 21.1. The molecule has 3 amide bonds. The van der Waals surface area contributed by atoms with Gasteiger partial charge in [0.05, 0.1) is 22.2 Å². The second-order valence-electron chi connectivity index (χ2n) is 9.02. The number of hydrogen-bond donors (Lipinski definition) is 3. The number of carboxylic acids is 1. The van der Waals surface area contributed by atoms with Crippen molar-refractivity contribution in [2.75, 3.05) is 16.8 Å². The van der Waals surface area contributed by atoms with Gasteiger partial charge in [-0.2, -0.15) is 5.01 Å². The van der Waals surface area contributed by atoms with E-state index in [0.29, 0.717) is 11.4 Å². The van der Waals surface area contributed by atoms with Crippen molar-refractivity contribution in [2.45, 2.75) is 13.8 Å². The molecule has 1 fully saturated rings. The van der Waals surface area contributed by atoms with Crippen molar-refractivity contribution in [3.63, 3.8) is 0 Å². The van der Waals surface area contributed by atoms with Gasteiger partial charge in [-0.05, 0) is 55.0 Å². The lowest BCUT2D eigenvalue weighted by atomic mass is 9.72. The largest absolute Gasteiger partial charge is 0.481 e. The van der Waals surface area contributed by atoms with Crippen LogP contribution in [-0.4, -0.2) is 45.5 Å². The third kappa shape index (κ3) is 5.08. The molecule has 0 saturated carbocycles. The average molecular weight is 565 g/mol. The maximum absolute atomic E-state index is 14.2. The molecule has 3 aromatic rings. The lowest BCUT2D eigenvalue weighted by molar-refractivity contribution is -0.162. The second kappa shape index (κ2) is 11.2. The summed E-state index contributed by atoms with van der Waals surface area (Å²) in [6.45, 7) is 2.73. The SMILES string of the molecule is Cc1ccccc1NCC1(C(C)C(=O)O)C(=O)N(NC(=O)c2ccccc2Cl)C(=S)N(c2ccccc2)C1=O. The van der Waals surface area contributed by atoms with E-state index >= 15 is 0 Å². The number of nitrogens with one attached hydrogen (secondary N) is 2. The molecule has 0 bridgehead atoms. The van der Waals surface area contributed by atoms with Crippen LogP contribution in [0.15, 0.2) is 78.9 Å². The average Bonchev–Trinajstić information content (AvgIpc) is 2.92. The van der Waals surface area contributed by atoms with Crippen LogP contribution in [0.25, 0.3) is 0 Å². The summed E-state index contributed by atoms with van der Waals surface area (Å²) in [5.41, 5.74) is 2.06. The molecule has 3 aromatic carbocycles. The predicted molar refractivity (Wildman–Crippen MR) is 151 cm³/mol. The Morgan fingerprint density at radius 3 is 2.23 bits per heavy atom. The van der Waals surface area contributed by atoms with Crippen molar-refractivity contribution in [3.05, 3.63) is 95.0 Å². The lowest BCUT2D eigenvalue weighted by Gasteiger charge is -2.47. The molecule has 0 aliphatic carbocycles. The number of carboxylic acid groups (broad SMARTS) is 1. The number of aryl methyl sites for hydroxylation is 1. The first-order valence-electron chi connectivity index (χ1n) is 12.0. The predicted octanol–water partition coefficient (Wildman–Crippen LogP) is 4.27. The van der Waals surface area contributed by atoms with Crippen LogP contribution in [0.5, 0.6) is 0 Å². The fraction of sp³-hybridized carbons (Fsp3) is 0.179. The van der Waals surface area contributed by atoms with Crippen LogP contribution in [-0.2, 0) is 14.4 Å². The Labute approximate surface area is 235 Å². The normalized spacial score (nSPS) is 18.1. The van der Waals surface area contributed by atoms with Gasteiger partial charge in [0.25, 0.3) is 17.7 Å².